The summed E-state index contributed by atoms with van der Waals surface area (Å²) in [6.45, 7) is -0.351. The number of aromatic nitrogens is 3. The van der Waals surface area contributed by atoms with Crippen LogP contribution in [0.1, 0.15) is 5.82 Å². The summed E-state index contributed by atoms with van der Waals surface area (Å²) in [5, 5.41) is 6.73. The summed E-state index contributed by atoms with van der Waals surface area (Å²) in [6, 6.07) is 0. The van der Waals surface area contributed by atoms with Crippen molar-refractivity contribution in [2.75, 3.05) is 11.9 Å². The summed E-state index contributed by atoms with van der Waals surface area (Å²) in [7, 11) is 0. The van der Waals surface area contributed by atoms with Crippen molar-refractivity contribution in [1.82, 2.24) is 15.2 Å². The second-order valence-electron chi connectivity index (χ2n) is 2.26. The Hall–Kier alpha value is -1.35. The molecule has 0 aliphatic carbocycles. The lowest BCUT2D eigenvalue weighted by Gasteiger charge is -1.98. The van der Waals surface area contributed by atoms with Gasteiger partial charge in [-0.2, -0.15) is 18.2 Å². The molecule has 1 heterocycles. The van der Waals surface area contributed by atoms with Gasteiger partial charge >= 0.3 is 6.18 Å². The zero-order valence-electron chi connectivity index (χ0n) is 7.13. The maximum atomic E-state index is 11.9. The average Bonchev–Trinajstić information content (AvgIpc) is 2.51. The quantitative estimate of drug-likeness (QED) is 0.691. The standard InChI is InChI=1S/C5H6F3N5O.ClH/c6-5(7,8)3-11-4(13-12-3)10-2(14)1-9;/h1,9H2,(H2,10,11,12,13,14);1H. The largest absolute Gasteiger partial charge is 0.451 e. The molecule has 0 bridgehead atoms. The van der Waals surface area contributed by atoms with Crippen molar-refractivity contribution in [2.45, 2.75) is 6.18 Å². The van der Waals surface area contributed by atoms with Gasteiger partial charge in [0.15, 0.2) is 0 Å². The fraction of sp³-hybridized carbons (Fsp3) is 0.400. The predicted molar refractivity (Wildman–Crippen MR) is 46.3 cm³/mol. The van der Waals surface area contributed by atoms with Crippen LogP contribution in [-0.4, -0.2) is 27.6 Å². The second kappa shape index (κ2) is 4.94. The van der Waals surface area contributed by atoms with Crippen LogP contribution in [0.5, 0.6) is 0 Å². The van der Waals surface area contributed by atoms with E-state index in [9.17, 15) is 18.0 Å². The summed E-state index contributed by atoms with van der Waals surface area (Å²) in [6.07, 6.45) is -4.61. The minimum absolute atomic E-state index is 0. The molecule has 1 aromatic heterocycles. The highest BCUT2D eigenvalue weighted by Gasteiger charge is 2.35. The Kier molecular flexibility index (Phi) is 4.49. The second-order valence-corrected chi connectivity index (χ2v) is 2.26. The molecule has 10 heteroatoms. The Balaban J connectivity index is 0.00000196. The number of anilines is 1. The van der Waals surface area contributed by atoms with Crippen molar-refractivity contribution in [2.24, 2.45) is 5.73 Å². The molecule has 0 aromatic carbocycles. The molecular formula is C5H7ClF3N5O. The summed E-state index contributed by atoms with van der Waals surface area (Å²) in [5.74, 6) is -2.39. The van der Waals surface area contributed by atoms with Gasteiger partial charge in [0.2, 0.25) is 17.7 Å². The van der Waals surface area contributed by atoms with Gasteiger partial charge in [0.1, 0.15) is 0 Å². The molecule has 0 radical (unpaired) electrons. The van der Waals surface area contributed by atoms with E-state index in [1.807, 2.05) is 5.32 Å². The van der Waals surface area contributed by atoms with E-state index < -0.39 is 23.9 Å². The first-order chi connectivity index (χ1) is 6.43. The number of amides is 1. The first kappa shape index (κ1) is 13.7. The molecule has 1 rings (SSSR count). The number of nitrogens with two attached hydrogens (primary N) is 1. The van der Waals surface area contributed by atoms with Crippen LogP contribution in [0, 0.1) is 0 Å². The highest BCUT2D eigenvalue weighted by atomic mass is 35.5. The summed E-state index contributed by atoms with van der Waals surface area (Å²) in [4.78, 5) is 13.6. The predicted octanol–water partition coefficient (Wildman–Crippen LogP) is 0.142. The SMILES string of the molecule is Cl.NCC(=O)Nc1n[nH]c(C(F)(F)F)n1. The fourth-order valence-electron chi connectivity index (χ4n) is 0.620. The molecule has 86 valence electrons. The molecule has 1 aromatic rings. The van der Waals surface area contributed by atoms with Crippen LogP contribution in [0.25, 0.3) is 0 Å². The van der Waals surface area contributed by atoms with Crippen LogP contribution in [0.3, 0.4) is 0 Å². The van der Waals surface area contributed by atoms with Gasteiger partial charge in [-0.05, 0) is 0 Å². The van der Waals surface area contributed by atoms with Crippen molar-refractivity contribution in [1.29, 1.82) is 0 Å². The lowest BCUT2D eigenvalue weighted by Crippen LogP contribution is -2.22. The number of H-pyrrole nitrogens is 1. The summed E-state index contributed by atoms with van der Waals surface area (Å²) in [5.41, 5.74) is 4.91. The molecule has 0 unspecified atom stereocenters. The Labute approximate surface area is 87.8 Å². The maximum absolute atomic E-state index is 11.9. The van der Waals surface area contributed by atoms with Gasteiger partial charge in [-0.25, -0.2) is 0 Å². The van der Waals surface area contributed by atoms with Gasteiger partial charge < -0.3 is 5.73 Å². The number of carbonyl (C=O) groups excluding carboxylic acids is 1. The highest BCUT2D eigenvalue weighted by Crippen LogP contribution is 2.26. The number of hydrogen-bond donors (Lipinski definition) is 3. The molecule has 0 aliphatic heterocycles. The lowest BCUT2D eigenvalue weighted by molar-refractivity contribution is -0.144. The zero-order valence-corrected chi connectivity index (χ0v) is 7.95. The molecule has 6 nitrogen and oxygen atoms in total. The first-order valence-electron chi connectivity index (χ1n) is 3.43. The van der Waals surface area contributed by atoms with Crippen LogP contribution in [-0.2, 0) is 11.0 Å². The molecular weight excluding hydrogens is 239 g/mol. The van der Waals surface area contributed by atoms with Crippen LogP contribution in [0.4, 0.5) is 19.1 Å². The molecule has 4 N–H and O–H groups in total. The van der Waals surface area contributed by atoms with Crippen molar-refractivity contribution in [3.05, 3.63) is 5.82 Å². The molecule has 0 fully saturated rings. The Bertz CT molecular complexity index is 338. The number of hydrogen-bond acceptors (Lipinski definition) is 4. The van der Waals surface area contributed by atoms with E-state index in [0.717, 1.165) is 0 Å². The van der Waals surface area contributed by atoms with E-state index in [1.165, 1.54) is 0 Å². The Morgan fingerprint density at radius 3 is 2.53 bits per heavy atom. The Morgan fingerprint density at radius 2 is 2.13 bits per heavy atom. The molecule has 0 saturated heterocycles. The van der Waals surface area contributed by atoms with E-state index in [0.29, 0.717) is 0 Å². The molecule has 15 heavy (non-hydrogen) atoms. The van der Waals surface area contributed by atoms with Gasteiger partial charge in [-0.15, -0.1) is 17.5 Å². The third kappa shape index (κ3) is 3.72. The van der Waals surface area contributed by atoms with Crippen molar-refractivity contribution in [3.8, 4) is 0 Å². The topological polar surface area (TPSA) is 96.7 Å². The number of alkyl halides is 3. The van der Waals surface area contributed by atoms with Crippen molar-refractivity contribution < 1.29 is 18.0 Å². The van der Waals surface area contributed by atoms with Gasteiger partial charge in [0, 0.05) is 0 Å². The van der Waals surface area contributed by atoms with Crippen LogP contribution in [0.2, 0.25) is 0 Å². The normalized spacial score (nSPS) is 10.7. The fourth-order valence-corrected chi connectivity index (χ4v) is 0.620. The van der Waals surface area contributed by atoms with Gasteiger partial charge in [-0.1, -0.05) is 0 Å². The van der Waals surface area contributed by atoms with E-state index >= 15 is 0 Å². The van der Waals surface area contributed by atoms with Crippen molar-refractivity contribution >= 4 is 24.3 Å². The Morgan fingerprint density at radius 1 is 1.53 bits per heavy atom. The van der Waals surface area contributed by atoms with E-state index in [-0.39, 0.29) is 19.0 Å². The third-order valence-corrected chi connectivity index (χ3v) is 1.19. The smallest absolute Gasteiger partial charge is 0.322 e. The number of halogens is 4. The van der Waals surface area contributed by atoms with E-state index in [4.69, 9.17) is 5.73 Å². The third-order valence-electron chi connectivity index (χ3n) is 1.19. The molecule has 0 spiro atoms. The van der Waals surface area contributed by atoms with Gasteiger partial charge in [0.05, 0.1) is 6.54 Å². The molecule has 1 amide bonds. The van der Waals surface area contributed by atoms with E-state index in [2.05, 4.69) is 10.1 Å². The van der Waals surface area contributed by atoms with E-state index in [1.54, 1.807) is 5.10 Å². The van der Waals surface area contributed by atoms with Crippen LogP contribution >= 0.6 is 12.4 Å². The minimum Gasteiger partial charge on any atom is -0.322 e. The number of nitrogens with zero attached hydrogens (tertiary/aromatic N) is 2. The van der Waals surface area contributed by atoms with Crippen molar-refractivity contribution in [3.63, 3.8) is 0 Å². The molecule has 0 aliphatic rings. The number of nitrogens with one attached hydrogen (secondary N) is 2. The minimum atomic E-state index is -4.61. The highest BCUT2D eigenvalue weighted by molar-refractivity contribution is 5.90. The summed E-state index contributed by atoms with van der Waals surface area (Å²) >= 11 is 0. The monoisotopic (exact) mass is 245 g/mol. The van der Waals surface area contributed by atoms with Gasteiger partial charge in [0.25, 0.3) is 0 Å². The molecule has 0 saturated carbocycles. The first-order valence-corrected chi connectivity index (χ1v) is 3.43. The summed E-state index contributed by atoms with van der Waals surface area (Å²) < 4.78 is 35.8. The lowest BCUT2D eigenvalue weighted by atomic mass is 10.6. The van der Waals surface area contributed by atoms with Crippen LogP contribution in [0.15, 0.2) is 0 Å². The number of aromatic amines is 1. The number of carbonyl (C=O) groups is 1. The molecule has 0 atom stereocenters. The number of rotatable bonds is 2. The maximum Gasteiger partial charge on any atom is 0.451 e. The van der Waals surface area contributed by atoms with Gasteiger partial charge in [-0.3, -0.25) is 15.2 Å². The average molecular weight is 246 g/mol. The zero-order chi connectivity index (χ0) is 10.8. The van der Waals surface area contributed by atoms with Crippen LogP contribution < -0.4 is 11.1 Å².